The number of para-hydroxylation sites is 2. The molecule has 0 aliphatic heterocycles. The van der Waals surface area contributed by atoms with Gasteiger partial charge in [0, 0.05) is 12.2 Å². The van der Waals surface area contributed by atoms with Gasteiger partial charge in [-0.15, -0.1) is 0 Å². The van der Waals surface area contributed by atoms with Crippen LogP contribution in [0.2, 0.25) is 0 Å². The summed E-state index contributed by atoms with van der Waals surface area (Å²) in [5.74, 6) is -0.490. The molecule has 32 heavy (non-hydrogen) atoms. The molecule has 1 heterocycles. The molecule has 0 saturated heterocycles. The molecule has 1 amide bonds. The molecular formula is C24H27N3O4S. The molecular weight excluding hydrogens is 426 g/mol. The van der Waals surface area contributed by atoms with Crippen LogP contribution < -0.4 is 10.5 Å². The van der Waals surface area contributed by atoms with Crippen molar-refractivity contribution in [2.45, 2.75) is 32.5 Å². The lowest BCUT2D eigenvalue weighted by molar-refractivity contribution is -0.142. The van der Waals surface area contributed by atoms with Crippen LogP contribution in [-0.2, 0) is 20.9 Å². The number of aromatic nitrogens is 2. The van der Waals surface area contributed by atoms with Crippen LogP contribution in [0, 0.1) is 5.92 Å². The number of hydrogen-bond donors (Lipinski definition) is 0. The Bertz CT molecular complexity index is 1140. The van der Waals surface area contributed by atoms with Crippen molar-refractivity contribution in [1.82, 2.24) is 9.55 Å². The molecule has 3 aromatic rings. The van der Waals surface area contributed by atoms with Gasteiger partial charge in [0.05, 0.1) is 23.3 Å². The maximum absolute atomic E-state index is 13.1. The van der Waals surface area contributed by atoms with Crippen LogP contribution in [0.3, 0.4) is 0 Å². The van der Waals surface area contributed by atoms with E-state index in [9.17, 15) is 14.4 Å². The number of rotatable bonds is 9. The largest absolute Gasteiger partial charge is 0.465 e. The SMILES string of the molecule is CCOC(=O)CN(C(=O)CSc1nc2ccccc2c(=O)n1CC(C)C)c1ccccc1. The van der Waals surface area contributed by atoms with E-state index in [-0.39, 0.29) is 36.3 Å². The highest BCUT2D eigenvalue weighted by atomic mass is 32.2. The number of fused-ring (bicyclic) bond motifs is 1. The Labute approximate surface area is 191 Å². The van der Waals surface area contributed by atoms with Gasteiger partial charge >= 0.3 is 5.97 Å². The van der Waals surface area contributed by atoms with Crippen molar-refractivity contribution in [3.8, 4) is 0 Å². The second-order valence-electron chi connectivity index (χ2n) is 7.63. The highest BCUT2D eigenvalue weighted by Crippen LogP contribution is 2.21. The predicted molar refractivity (Wildman–Crippen MR) is 127 cm³/mol. The van der Waals surface area contributed by atoms with Gasteiger partial charge in [0.15, 0.2) is 5.16 Å². The molecule has 168 valence electrons. The average Bonchev–Trinajstić information content (AvgIpc) is 2.78. The fraction of sp³-hybridized carbons (Fsp3) is 0.333. The van der Waals surface area contributed by atoms with Gasteiger partial charge in [0.2, 0.25) is 5.91 Å². The van der Waals surface area contributed by atoms with Crippen molar-refractivity contribution in [1.29, 1.82) is 0 Å². The number of benzene rings is 2. The Kier molecular flexibility index (Phi) is 8.05. The molecule has 2 aromatic carbocycles. The number of esters is 1. The third-order valence-corrected chi connectivity index (χ3v) is 5.62. The number of carbonyl (C=O) groups excluding carboxylic acids is 2. The third-order valence-electron chi connectivity index (χ3n) is 4.66. The standard InChI is InChI=1S/C24H27N3O4S/c1-4-31-22(29)15-26(18-10-6-5-7-11-18)21(28)16-32-24-25-20-13-9-8-12-19(20)23(30)27(24)14-17(2)3/h5-13,17H,4,14-16H2,1-3H3. The molecule has 0 unspecified atom stereocenters. The summed E-state index contributed by atoms with van der Waals surface area (Å²) in [6.07, 6.45) is 0. The summed E-state index contributed by atoms with van der Waals surface area (Å²) in [5.41, 5.74) is 1.08. The second-order valence-corrected chi connectivity index (χ2v) is 8.57. The summed E-state index contributed by atoms with van der Waals surface area (Å²) in [6.45, 7) is 6.34. The van der Waals surface area contributed by atoms with Crippen LogP contribution in [0.15, 0.2) is 64.5 Å². The fourth-order valence-corrected chi connectivity index (χ4v) is 4.14. The molecule has 0 radical (unpaired) electrons. The highest BCUT2D eigenvalue weighted by Gasteiger charge is 2.21. The summed E-state index contributed by atoms with van der Waals surface area (Å²) in [7, 11) is 0. The zero-order valence-electron chi connectivity index (χ0n) is 18.5. The van der Waals surface area contributed by atoms with E-state index in [4.69, 9.17) is 4.74 Å². The van der Waals surface area contributed by atoms with Crippen molar-refractivity contribution in [2.75, 3.05) is 23.8 Å². The molecule has 0 bridgehead atoms. The van der Waals surface area contributed by atoms with E-state index in [1.165, 1.54) is 16.7 Å². The van der Waals surface area contributed by atoms with Gasteiger partial charge in [-0.3, -0.25) is 19.0 Å². The average molecular weight is 454 g/mol. The van der Waals surface area contributed by atoms with E-state index in [0.717, 1.165) is 0 Å². The molecule has 0 saturated carbocycles. The van der Waals surface area contributed by atoms with Crippen molar-refractivity contribution in [2.24, 2.45) is 5.92 Å². The Hall–Kier alpha value is -3.13. The van der Waals surface area contributed by atoms with Crippen molar-refractivity contribution in [3.63, 3.8) is 0 Å². The second kappa shape index (κ2) is 10.9. The van der Waals surface area contributed by atoms with Crippen LogP contribution in [-0.4, -0.2) is 40.3 Å². The number of carbonyl (C=O) groups is 2. The van der Waals surface area contributed by atoms with Crippen LogP contribution >= 0.6 is 11.8 Å². The van der Waals surface area contributed by atoms with Gasteiger partial charge in [-0.2, -0.15) is 0 Å². The van der Waals surface area contributed by atoms with Crippen LogP contribution in [0.25, 0.3) is 10.9 Å². The summed E-state index contributed by atoms with van der Waals surface area (Å²) in [4.78, 5) is 44.3. The van der Waals surface area contributed by atoms with Crippen molar-refractivity contribution >= 4 is 40.2 Å². The summed E-state index contributed by atoms with van der Waals surface area (Å²) >= 11 is 1.20. The van der Waals surface area contributed by atoms with E-state index in [0.29, 0.717) is 28.3 Å². The number of ether oxygens (including phenoxy) is 1. The smallest absolute Gasteiger partial charge is 0.326 e. The van der Waals surface area contributed by atoms with Crippen LogP contribution in [0.5, 0.6) is 0 Å². The Morgan fingerprint density at radius 2 is 1.78 bits per heavy atom. The summed E-state index contributed by atoms with van der Waals surface area (Å²) < 4.78 is 6.66. The highest BCUT2D eigenvalue weighted by molar-refractivity contribution is 7.99. The Morgan fingerprint density at radius 3 is 2.47 bits per heavy atom. The molecule has 8 heteroatoms. The molecule has 3 rings (SSSR count). The van der Waals surface area contributed by atoms with Crippen LogP contribution in [0.1, 0.15) is 20.8 Å². The monoisotopic (exact) mass is 453 g/mol. The van der Waals surface area contributed by atoms with Gasteiger partial charge in [0.1, 0.15) is 6.54 Å². The number of amides is 1. The first-order valence-electron chi connectivity index (χ1n) is 10.5. The normalized spacial score (nSPS) is 11.0. The zero-order chi connectivity index (χ0) is 23.1. The number of thioether (sulfide) groups is 1. The van der Waals surface area contributed by atoms with Crippen molar-refractivity contribution in [3.05, 3.63) is 65.0 Å². The topological polar surface area (TPSA) is 81.5 Å². The van der Waals surface area contributed by atoms with E-state index < -0.39 is 5.97 Å². The predicted octanol–water partition coefficient (Wildman–Crippen LogP) is 3.74. The Balaban J connectivity index is 1.88. The minimum atomic E-state index is -0.477. The first-order chi connectivity index (χ1) is 15.4. The van der Waals surface area contributed by atoms with Crippen LogP contribution in [0.4, 0.5) is 5.69 Å². The van der Waals surface area contributed by atoms with Gasteiger partial charge in [-0.05, 0) is 37.1 Å². The first-order valence-corrected chi connectivity index (χ1v) is 11.5. The maximum Gasteiger partial charge on any atom is 0.326 e. The third kappa shape index (κ3) is 5.76. The maximum atomic E-state index is 13.1. The summed E-state index contributed by atoms with van der Waals surface area (Å²) in [5, 5.41) is 1.04. The van der Waals surface area contributed by atoms with E-state index in [2.05, 4.69) is 4.98 Å². The van der Waals surface area contributed by atoms with E-state index in [1.807, 2.05) is 32.0 Å². The number of anilines is 1. The lowest BCUT2D eigenvalue weighted by atomic mass is 10.2. The van der Waals surface area contributed by atoms with Crippen molar-refractivity contribution < 1.29 is 14.3 Å². The van der Waals surface area contributed by atoms with Gasteiger partial charge in [0.25, 0.3) is 5.56 Å². The lowest BCUT2D eigenvalue weighted by Gasteiger charge is -2.22. The number of hydrogen-bond acceptors (Lipinski definition) is 6. The van der Waals surface area contributed by atoms with E-state index >= 15 is 0 Å². The molecule has 0 spiro atoms. The van der Waals surface area contributed by atoms with Gasteiger partial charge < -0.3 is 9.64 Å². The van der Waals surface area contributed by atoms with E-state index in [1.54, 1.807) is 47.9 Å². The molecule has 0 atom stereocenters. The molecule has 0 aliphatic carbocycles. The minimum Gasteiger partial charge on any atom is -0.465 e. The molecule has 0 N–H and O–H groups in total. The zero-order valence-corrected chi connectivity index (χ0v) is 19.3. The first kappa shape index (κ1) is 23.5. The molecule has 7 nitrogen and oxygen atoms in total. The van der Waals surface area contributed by atoms with Gasteiger partial charge in [-0.25, -0.2) is 4.98 Å². The summed E-state index contributed by atoms with van der Waals surface area (Å²) in [6, 6.07) is 16.2. The molecule has 0 fully saturated rings. The minimum absolute atomic E-state index is 0.0250. The van der Waals surface area contributed by atoms with Gasteiger partial charge in [-0.1, -0.05) is 55.9 Å². The fourth-order valence-electron chi connectivity index (χ4n) is 3.26. The molecule has 0 aliphatic rings. The number of nitrogens with zero attached hydrogens (tertiary/aromatic N) is 3. The molecule has 1 aromatic heterocycles. The Morgan fingerprint density at radius 1 is 1.09 bits per heavy atom. The lowest BCUT2D eigenvalue weighted by Crippen LogP contribution is -2.38. The quantitative estimate of drug-likeness (QED) is 0.279.